The molecule has 0 radical (unpaired) electrons. The van der Waals surface area contributed by atoms with Crippen LogP contribution in [0.3, 0.4) is 0 Å². The van der Waals surface area contributed by atoms with E-state index in [9.17, 15) is 0 Å². The molecule has 1 heterocycles. The monoisotopic (exact) mass is 207 g/mol. The van der Waals surface area contributed by atoms with Crippen LogP contribution in [0.25, 0.3) is 0 Å². The second-order valence-corrected chi connectivity index (χ2v) is 3.89. The molecule has 14 heavy (non-hydrogen) atoms. The van der Waals surface area contributed by atoms with Gasteiger partial charge in [-0.05, 0) is 19.8 Å². The van der Waals surface area contributed by atoms with E-state index in [0.29, 0.717) is 23.3 Å². The van der Waals surface area contributed by atoms with Crippen molar-refractivity contribution < 1.29 is 0 Å². The molecule has 1 aliphatic rings. The van der Waals surface area contributed by atoms with Crippen molar-refractivity contribution >= 4 is 11.6 Å². The number of aryl methyl sites for hydroxylation is 1. The molecule has 0 N–H and O–H groups in total. The van der Waals surface area contributed by atoms with E-state index in [2.05, 4.69) is 16.0 Å². The summed E-state index contributed by atoms with van der Waals surface area (Å²) >= 11 is 5.98. The Hall–Kier alpha value is -1.14. The molecule has 72 valence electrons. The summed E-state index contributed by atoms with van der Waals surface area (Å²) < 4.78 is 0. The molecule has 1 aromatic heterocycles. The lowest BCUT2D eigenvalue weighted by molar-refractivity contribution is 0.904. The predicted molar refractivity (Wildman–Crippen MR) is 53.1 cm³/mol. The van der Waals surface area contributed by atoms with Crippen LogP contribution in [0.5, 0.6) is 0 Å². The highest BCUT2D eigenvalue weighted by molar-refractivity contribution is 6.30. The minimum absolute atomic E-state index is 0.310. The van der Waals surface area contributed by atoms with Gasteiger partial charge in [0.25, 0.3) is 0 Å². The molecule has 0 atom stereocenters. The number of aromatic nitrogens is 2. The third kappa shape index (κ3) is 1.71. The Morgan fingerprint density at radius 2 is 2.21 bits per heavy atom. The average molecular weight is 208 g/mol. The molecule has 3 nitrogen and oxygen atoms in total. The second-order valence-electron chi connectivity index (χ2n) is 3.53. The molecule has 0 aromatic carbocycles. The Kier molecular flexibility index (Phi) is 2.39. The lowest BCUT2D eigenvalue weighted by Gasteiger charge is -2.06. The quantitative estimate of drug-likeness (QED) is 0.700. The van der Waals surface area contributed by atoms with Gasteiger partial charge < -0.3 is 0 Å². The van der Waals surface area contributed by atoms with Crippen LogP contribution in [0.4, 0.5) is 0 Å². The van der Waals surface area contributed by atoms with Gasteiger partial charge in [0.1, 0.15) is 11.0 Å². The molecule has 4 heteroatoms. The Labute approximate surface area is 87.8 Å². The largest absolute Gasteiger partial charge is 0.238 e. The molecule has 1 aliphatic carbocycles. The lowest BCUT2D eigenvalue weighted by atomic mass is 10.1. The summed E-state index contributed by atoms with van der Waals surface area (Å²) in [6, 6.07) is 2.10. The van der Waals surface area contributed by atoms with Gasteiger partial charge in [-0.3, -0.25) is 0 Å². The van der Waals surface area contributed by atoms with Crippen LogP contribution in [-0.4, -0.2) is 9.97 Å². The van der Waals surface area contributed by atoms with E-state index in [0.717, 1.165) is 24.1 Å². The van der Waals surface area contributed by atoms with Crippen LogP contribution < -0.4 is 0 Å². The summed E-state index contributed by atoms with van der Waals surface area (Å²) in [4.78, 5) is 8.43. The predicted octanol–water partition coefficient (Wildman–Crippen LogP) is 2.38. The standard InChI is InChI=1S/C10H10ClN3/c1-6-13-9(7-2-3-7)8(4-5-12)10(11)14-6/h7H,2-4H2,1H3. The van der Waals surface area contributed by atoms with Crippen LogP contribution in [-0.2, 0) is 6.42 Å². The zero-order chi connectivity index (χ0) is 10.1. The lowest BCUT2D eigenvalue weighted by Crippen LogP contribution is -2.02. The van der Waals surface area contributed by atoms with Crippen molar-refractivity contribution in [1.82, 2.24) is 9.97 Å². The first-order valence-electron chi connectivity index (χ1n) is 4.62. The SMILES string of the molecule is Cc1nc(Cl)c(CC#N)c(C2CC2)n1. The van der Waals surface area contributed by atoms with Crippen molar-refractivity contribution in [3.8, 4) is 6.07 Å². The summed E-state index contributed by atoms with van der Waals surface area (Å²) in [6.07, 6.45) is 2.63. The Bertz CT molecular complexity index is 405. The van der Waals surface area contributed by atoms with Crippen molar-refractivity contribution in [2.75, 3.05) is 0 Å². The minimum atomic E-state index is 0.310. The van der Waals surface area contributed by atoms with Crippen molar-refractivity contribution in [2.24, 2.45) is 0 Å². The first kappa shape index (κ1) is 9.42. The smallest absolute Gasteiger partial charge is 0.137 e. The summed E-state index contributed by atoms with van der Waals surface area (Å²) in [5.41, 5.74) is 1.81. The topological polar surface area (TPSA) is 49.6 Å². The molecular formula is C10H10ClN3. The molecule has 1 aromatic rings. The highest BCUT2D eigenvalue weighted by atomic mass is 35.5. The molecule has 0 saturated heterocycles. The molecule has 0 spiro atoms. The van der Waals surface area contributed by atoms with Gasteiger partial charge in [-0.15, -0.1) is 0 Å². The van der Waals surface area contributed by atoms with E-state index in [1.54, 1.807) is 0 Å². The molecular weight excluding hydrogens is 198 g/mol. The Morgan fingerprint density at radius 1 is 1.50 bits per heavy atom. The molecule has 2 rings (SSSR count). The minimum Gasteiger partial charge on any atom is -0.238 e. The highest BCUT2D eigenvalue weighted by Crippen LogP contribution is 2.41. The summed E-state index contributed by atoms with van der Waals surface area (Å²) in [7, 11) is 0. The maximum Gasteiger partial charge on any atom is 0.137 e. The maximum absolute atomic E-state index is 8.68. The first-order valence-corrected chi connectivity index (χ1v) is 5.00. The summed E-state index contributed by atoms with van der Waals surface area (Å²) in [5.74, 6) is 1.20. The van der Waals surface area contributed by atoms with Gasteiger partial charge in [0, 0.05) is 11.5 Å². The number of nitriles is 1. The van der Waals surface area contributed by atoms with Gasteiger partial charge in [-0.2, -0.15) is 5.26 Å². The average Bonchev–Trinajstić information content (AvgIpc) is 2.92. The van der Waals surface area contributed by atoms with Gasteiger partial charge in [-0.25, -0.2) is 9.97 Å². The highest BCUT2D eigenvalue weighted by Gasteiger charge is 2.29. The second kappa shape index (κ2) is 3.55. The molecule has 1 fully saturated rings. The van der Waals surface area contributed by atoms with E-state index in [1.807, 2.05) is 6.92 Å². The maximum atomic E-state index is 8.68. The van der Waals surface area contributed by atoms with Crippen molar-refractivity contribution in [1.29, 1.82) is 5.26 Å². The third-order valence-electron chi connectivity index (χ3n) is 2.32. The van der Waals surface area contributed by atoms with Crippen LogP contribution in [0, 0.1) is 18.3 Å². The van der Waals surface area contributed by atoms with Crippen LogP contribution >= 0.6 is 11.6 Å². The van der Waals surface area contributed by atoms with E-state index >= 15 is 0 Å². The molecule has 0 unspecified atom stereocenters. The fourth-order valence-electron chi connectivity index (χ4n) is 1.52. The number of nitrogens with zero attached hydrogens (tertiary/aromatic N) is 3. The van der Waals surface area contributed by atoms with E-state index in [1.165, 1.54) is 0 Å². The Morgan fingerprint density at radius 3 is 2.79 bits per heavy atom. The van der Waals surface area contributed by atoms with Crippen molar-refractivity contribution in [2.45, 2.75) is 32.1 Å². The van der Waals surface area contributed by atoms with Gasteiger partial charge in [0.2, 0.25) is 0 Å². The molecule has 0 amide bonds. The van der Waals surface area contributed by atoms with E-state index < -0.39 is 0 Å². The number of rotatable bonds is 2. The normalized spacial score (nSPS) is 15.2. The zero-order valence-electron chi connectivity index (χ0n) is 7.92. The number of hydrogen-bond acceptors (Lipinski definition) is 3. The fourth-order valence-corrected chi connectivity index (χ4v) is 1.80. The van der Waals surface area contributed by atoms with Crippen molar-refractivity contribution in [3.63, 3.8) is 0 Å². The van der Waals surface area contributed by atoms with Gasteiger partial charge >= 0.3 is 0 Å². The molecule has 0 aliphatic heterocycles. The van der Waals surface area contributed by atoms with Gasteiger partial charge in [0.15, 0.2) is 0 Å². The Balaban J connectivity index is 2.48. The first-order chi connectivity index (χ1) is 6.72. The fraction of sp³-hybridized carbons (Fsp3) is 0.500. The van der Waals surface area contributed by atoms with E-state index in [4.69, 9.17) is 16.9 Å². The van der Waals surface area contributed by atoms with Crippen LogP contribution in [0.1, 0.15) is 35.8 Å². The third-order valence-corrected chi connectivity index (χ3v) is 2.63. The summed E-state index contributed by atoms with van der Waals surface area (Å²) in [6.45, 7) is 1.83. The van der Waals surface area contributed by atoms with E-state index in [-0.39, 0.29) is 0 Å². The van der Waals surface area contributed by atoms with Crippen LogP contribution in [0.2, 0.25) is 5.15 Å². The summed E-state index contributed by atoms with van der Waals surface area (Å²) in [5, 5.41) is 9.12. The van der Waals surface area contributed by atoms with Crippen LogP contribution in [0.15, 0.2) is 0 Å². The number of hydrogen-bond donors (Lipinski definition) is 0. The van der Waals surface area contributed by atoms with Gasteiger partial charge in [0.05, 0.1) is 18.2 Å². The van der Waals surface area contributed by atoms with Gasteiger partial charge in [-0.1, -0.05) is 11.6 Å². The zero-order valence-corrected chi connectivity index (χ0v) is 8.67. The molecule has 0 bridgehead atoms. The molecule has 1 saturated carbocycles. The van der Waals surface area contributed by atoms with Crippen molar-refractivity contribution in [3.05, 3.63) is 22.2 Å². The number of halogens is 1.